The van der Waals surface area contributed by atoms with Gasteiger partial charge in [-0.3, -0.25) is 4.79 Å². The fourth-order valence-corrected chi connectivity index (χ4v) is 2.60. The van der Waals surface area contributed by atoms with E-state index in [1.54, 1.807) is 17.9 Å². The standard InChI is InChI=1S/C15H16FN3O2/c1-3-13-17-15(21-18-13)10-7-14(20)19(8-10)12-5-4-11(16)6-9(12)2/h4-6,10H,3,7-8H2,1-2H3/t10-/m0/s1. The summed E-state index contributed by atoms with van der Waals surface area (Å²) < 4.78 is 18.4. The van der Waals surface area contributed by atoms with Gasteiger partial charge in [0.1, 0.15) is 5.82 Å². The monoisotopic (exact) mass is 289 g/mol. The highest BCUT2D eigenvalue weighted by molar-refractivity contribution is 5.97. The summed E-state index contributed by atoms with van der Waals surface area (Å²) in [4.78, 5) is 18.2. The molecular formula is C15H16FN3O2. The predicted molar refractivity (Wildman–Crippen MR) is 74.5 cm³/mol. The maximum absolute atomic E-state index is 13.2. The number of aromatic nitrogens is 2. The van der Waals surface area contributed by atoms with Gasteiger partial charge in [0, 0.05) is 25.1 Å². The number of hydrogen-bond donors (Lipinski definition) is 0. The first-order valence-corrected chi connectivity index (χ1v) is 6.97. The number of carbonyl (C=O) groups is 1. The topological polar surface area (TPSA) is 59.2 Å². The van der Waals surface area contributed by atoms with E-state index in [-0.39, 0.29) is 17.6 Å². The molecule has 110 valence electrons. The van der Waals surface area contributed by atoms with E-state index in [1.807, 2.05) is 6.92 Å². The Morgan fingerprint density at radius 1 is 1.48 bits per heavy atom. The number of nitrogens with zero attached hydrogens (tertiary/aromatic N) is 3. The van der Waals surface area contributed by atoms with E-state index in [4.69, 9.17) is 4.52 Å². The summed E-state index contributed by atoms with van der Waals surface area (Å²) in [6, 6.07) is 4.43. The van der Waals surface area contributed by atoms with Crippen molar-refractivity contribution < 1.29 is 13.7 Å². The Hall–Kier alpha value is -2.24. The Morgan fingerprint density at radius 2 is 2.29 bits per heavy atom. The Bertz CT molecular complexity index is 683. The zero-order chi connectivity index (χ0) is 15.0. The largest absolute Gasteiger partial charge is 0.339 e. The van der Waals surface area contributed by atoms with Crippen LogP contribution in [0, 0.1) is 12.7 Å². The highest BCUT2D eigenvalue weighted by Gasteiger charge is 2.35. The molecule has 0 N–H and O–H groups in total. The van der Waals surface area contributed by atoms with E-state index in [2.05, 4.69) is 10.1 Å². The maximum Gasteiger partial charge on any atom is 0.232 e. The molecule has 0 spiro atoms. The molecule has 1 aromatic heterocycles. The fourth-order valence-electron chi connectivity index (χ4n) is 2.60. The van der Waals surface area contributed by atoms with Gasteiger partial charge >= 0.3 is 0 Å². The minimum atomic E-state index is -0.302. The van der Waals surface area contributed by atoms with Crippen molar-refractivity contribution >= 4 is 11.6 Å². The minimum Gasteiger partial charge on any atom is -0.339 e. The quantitative estimate of drug-likeness (QED) is 0.871. The van der Waals surface area contributed by atoms with Crippen molar-refractivity contribution in [3.05, 3.63) is 41.3 Å². The van der Waals surface area contributed by atoms with E-state index >= 15 is 0 Å². The van der Waals surface area contributed by atoms with Crippen LogP contribution in [0.1, 0.15) is 36.5 Å². The Morgan fingerprint density at radius 3 is 2.95 bits per heavy atom. The third-order valence-corrected chi connectivity index (χ3v) is 3.72. The molecule has 0 saturated carbocycles. The molecule has 1 aliphatic heterocycles. The number of carbonyl (C=O) groups excluding carboxylic acids is 1. The molecule has 1 amide bonds. The molecule has 0 bridgehead atoms. The van der Waals surface area contributed by atoms with Crippen LogP contribution in [0.3, 0.4) is 0 Å². The van der Waals surface area contributed by atoms with Gasteiger partial charge in [-0.25, -0.2) is 4.39 Å². The highest BCUT2D eigenvalue weighted by atomic mass is 19.1. The van der Waals surface area contributed by atoms with Crippen LogP contribution in [0.15, 0.2) is 22.7 Å². The van der Waals surface area contributed by atoms with Crippen molar-refractivity contribution in [2.24, 2.45) is 0 Å². The van der Waals surface area contributed by atoms with Crippen molar-refractivity contribution in [2.75, 3.05) is 11.4 Å². The fraction of sp³-hybridized carbons (Fsp3) is 0.400. The van der Waals surface area contributed by atoms with Crippen molar-refractivity contribution in [2.45, 2.75) is 32.6 Å². The van der Waals surface area contributed by atoms with Gasteiger partial charge in [-0.2, -0.15) is 4.98 Å². The first-order valence-electron chi connectivity index (χ1n) is 6.97. The summed E-state index contributed by atoms with van der Waals surface area (Å²) in [6.45, 7) is 4.22. The molecule has 1 aliphatic rings. The lowest BCUT2D eigenvalue weighted by molar-refractivity contribution is -0.117. The van der Waals surface area contributed by atoms with Gasteiger partial charge in [0.25, 0.3) is 0 Å². The van der Waals surface area contributed by atoms with Crippen LogP contribution in [0.5, 0.6) is 0 Å². The summed E-state index contributed by atoms with van der Waals surface area (Å²) in [5, 5.41) is 3.87. The van der Waals surface area contributed by atoms with Gasteiger partial charge in [0.15, 0.2) is 5.82 Å². The molecule has 2 aromatic rings. The zero-order valence-corrected chi connectivity index (χ0v) is 12.0. The normalized spacial score (nSPS) is 18.5. The first kappa shape index (κ1) is 13.7. The molecule has 2 heterocycles. The smallest absolute Gasteiger partial charge is 0.232 e. The first-order chi connectivity index (χ1) is 10.1. The molecule has 1 saturated heterocycles. The zero-order valence-electron chi connectivity index (χ0n) is 12.0. The third-order valence-electron chi connectivity index (χ3n) is 3.72. The number of rotatable bonds is 3. The van der Waals surface area contributed by atoms with Crippen LogP contribution in [-0.4, -0.2) is 22.6 Å². The van der Waals surface area contributed by atoms with Crippen molar-refractivity contribution in [1.82, 2.24) is 10.1 Å². The van der Waals surface area contributed by atoms with E-state index in [0.717, 1.165) is 11.3 Å². The molecule has 6 heteroatoms. The van der Waals surface area contributed by atoms with Crippen LogP contribution in [-0.2, 0) is 11.2 Å². The summed E-state index contributed by atoms with van der Waals surface area (Å²) in [5.74, 6) is 0.737. The summed E-state index contributed by atoms with van der Waals surface area (Å²) in [6.07, 6.45) is 1.03. The van der Waals surface area contributed by atoms with E-state index in [9.17, 15) is 9.18 Å². The molecule has 1 atom stereocenters. The van der Waals surface area contributed by atoms with E-state index < -0.39 is 0 Å². The number of hydrogen-bond acceptors (Lipinski definition) is 4. The second kappa shape index (κ2) is 5.27. The van der Waals surface area contributed by atoms with Crippen LogP contribution in [0.4, 0.5) is 10.1 Å². The lowest BCUT2D eigenvalue weighted by Crippen LogP contribution is -2.25. The highest BCUT2D eigenvalue weighted by Crippen LogP contribution is 2.32. The van der Waals surface area contributed by atoms with Gasteiger partial charge < -0.3 is 9.42 Å². The van der Waals surface area contributed by atoms with Crippen molar-refractivity contribution in [3.63, 3.8) is 0 Å². The molecule has 0 radical (unpaired) electrons. The van der Waals surface area contributed by atoms with Gasteiger partial charge in [-0.05, 0) is 30.7 Å². The maximum atomic E-state index is 13.2. The SMILES string of the molecule is CCc1noc([C@H]2CC(=O)N(c3ccc(F)cc3C)C2)n1. The second-order valence-corrected chi connectivity index (χ2v) is 5.24. The third kappa shape index (κ3) is 2.53. The Kier molecular flexibility index (Phi) is 3.45. The second-order valence-electron chi connectivity index (χ2n) is 5.24. The number of aryl methyl sites for hydroxylation is 2. The minimum absolute atomic E-state index is 0.00837. The molecular weight excluding hydrogens is 273 g/mol. The van der Waals surface area contributed by atoms with Crippen LogP contribution < -0.4 is 4.90 Å². The van der Waals surface area contributed by atoms with E-state index in [1.165, 1.54) is 12.1 Å². The average Bonchev–Trinajstić information content (AvgIpc) is 3.05. The summed E-state index contributed by atoms with van der Waals surface area (Å²) in [7, 11) is 0. The number of anilines is 1. The molecule has 3 rings (SSSR count). The average molecular weight is 289 g/mol. The number of benzene rings is 1. The lowest BCUT2D eigenvalue weighted by atomic mass is 10.1. The van der Waals surface area contributed by atoms with Crippen LogP contribution in [0.25, 0.3) is 0 Å². The number of halogens is 1. The lowest BCUT2D eigenvalue weighted by Gasteiger charge is -2.18. The predicted octanol–water partition coefficient (Wildman–Crippen LogP) is 2.60. The molecule has 1 aromatic carbocycles. The van der Waals surface area contributed by atoms with Gasteiger partial charge in [-0.1, -0.05) is 12.1 Å². The van der Waals surface area contributed by atoms with Gasteiger partial charge in [0.05, 0.1) is 5.92 Å². The van der Waals surface area contributed by atoms with Gasteiger partial charge in [-0.15, -0.1) is 0 Å². The molecule has 5 nitrogen and oxygen atoms in total. The van der Waals surface area contributed by atoms with Crippen molar-refractivity contribution in [3.8, 4) is 0 Å². The summed E-state index contributed by atoms with van der Waals surface area (Å²) in [5.41, 5.74) is 1.47. The molecule has 21 heavy (non-hydrogen) atoms. The van der Waals surface area contributed by atoms with Gasteiger partial charge in [0.2, 0.25) is 11.8 Å². The van der Waals surface area contributed by atoms with Crippen LogP contribution >= 0.6 is 0 Å². The Balaban J connectivity index is 1.84. The Labute approximate surface area is 121 Å². The number of amides is 1. The molecule has 1 fully saturated rings. The molecule has 0 unspecified atom stereocenters. The van der Waals surface area contributed by atoms with Crippen LogP contribution in [0.2, 0.25) is 0 Å². The van der Waals surface area contributed by atoms with E-state index in [0.29, 0.717) is 31.1 Å². The molecule has 0 aliphatic carbocycles. The summed E-state index contributed by atoms with van der Waals surface area (Å²) >= 11 is 0. The van der Waals surface area contributed by atoms with Crippen molar-refractivity contribution in [1.29, 1.82) is 0 Å².